The molecule has 2 aromatic rings. The van der Waals surface area contributed by atoms with Gasteiger partial charge < -0.3 is 15.8 Å². The van der Waals surface area contributed by atoms with E-state index in [1.165, 1.54) is 0 Å². The minimum absolute atomic E-state index is 0.0579. The van der Waals surface area contributed by atoms with Gasteiger partial charge in [-0.1, -0.05) is 4.49 Å². The topological polar surface area (TPSA) is 90.1 Å². The van der Waals surface area contributed by atoms with Crippen LogP contribution >= 0.6 is 11.5 Å². The van der Waals surface area contributed by atoms with Crippen LogP contribution in [0.2, 0.25) is 0 Å². The second kappa shape index (κ2) is 4.85. The first-order chi connectivity index (χ1) is 9.22. The fraction of sp³-hybridized carbons (Fsp3) is 0.250. The van der Waals surface area contributed by atoms with Gasteiger partial charge in [-0.25, -0.2) is 0 Å². The molecule has 0 fully saturated rings. The van der Waals surface area contributed by atoms with E-state index in [4.69, 9.17) is 10.5 Å². The first-order valence-corrected chi connectivity index (χ1v) is 6.62. The molecule has 2 heterocycles. The third kappa shape index (κ3) is 2.50. The summed E-state index contributed by atoms with van der Waals surface area (Å²) >= 11 is 1.15. The molecule has 0 atom stereocenters. The Bertz CT molecular complexity index is 626. The standard InChI is InChI=1S/C12H12N4O2S/c13-12-10(15-16-19-12)6-18-8-2-3-9-7(5-8)1-4-11(17)14-9/h2-3,5H,1,4,6,13H2,(H,14,17). The predicted molar refractivity (Wildman–Crippen MR) is 72.0 cm³/mol. The van der Waals surface area contributed by atoms with Crippen molar-refractivity contribution in [2.45, 2.75) is 19.4 Å². The maximum Gasteiger partial charge on any atom is 0.224 e. The van der Waals surface area contributed by atoms with Gasteiger partial charge in [-0.15, -0.1) is 5.10 Å². The number of nitrogen functional groups attached to an aromatic ring is 1. The predicted octanol–water partition coefficient (Wildman–Crippen LogP) is 1.58. The fourth-order valence-corrected chi connectivity index (χ4v) is 2.35. The summed E-state index contributed by atoms with van der Waals surface area (Å²) in [6.07, 6.45) is 1.25. The van der Waals surface area contributed by atoms with E-state index in [9.17, 15) is 4.79 Å². The number of amides is 1. The van der Waals surface area contributed by atoms with E-state index >= 15 is 0 Å². The zero-order valence-electron chi connectivity index (χ0n) is 10.0. The fourth-order valence-electron chi connectivity index (χ4n) is 1.92. The van der Waals surface area contributed by atoms with Crippen molar-refractivity contribution in [3.63, 3.8) is 0 Å². The van der Waals surface area contributed by atoms with Crippen LogP contribution < -0.4 is 15.8 Å². The van der Waals surface area contributed by atoms with Crippen molar-refractivity contribution in [3.05, 3.63) is 29.5 Å². The van der Waals surface area contributed by atoms with Crippen LogP contribution in [0.15, 0.2) is 18.2 Å². The normalized spacial score (nSPS) is 13.8. The Labute approximate surface area is 113 Å². The van der Waals surface area contributed by atoms with E-state index in [2.05, 4.69) is 14.9 Å². The SMILES string of the molecule is Nc1snnc1COc1ccc2c(c1)CCC(=O)N2. The highest BCUT2D eigenvalue weighted by molar-refractivity contribution is 7.09. The van der Waals surface area contributed by atoms with Crippen molar-refractivity contribution in [2.75, 3.05) is 11.1 Å². The van der Waals surface area contributed by atoms with Gasteiger partial charge in [0, 0.05) is 23.6 Å². The number of ether oxygens (including phenoxy) is 1. The van der Waals surface area contributed by atoms with Crippen LogP contribution in [-0.4, -0.2) is 15.5 Å². The average Bonchev–Trinajstić information content (AvgIpc) is 2.82. The summed E-state index contributed by atoms with van der Waals surface area (Å²) in [7, 11) is 0. The van der Waals surface area contributed by atoms with Crippen molar-refractivity contribution in [3.8, 4) is 5.75 Å². The Hall–Kier alpha value is -2.15. The Morgan fingerprint density at radius 2 is 2.32 bits per heavy atom. The smallest absolute Gasteiger partial charge is 0.224 e. The molecule has 0 saturated carbocycles. The summed E-state index contributed by atoms with van der Waals surface area (Å²) in [5.74, 6) is 0.796. The average molecular weight is 276 g/mol. The first-order valence-electron chi connectivity index (χ1n) is 5.84. The van der Waals surface area contributed by atoms with E-state index in [1.807, 2.05) is 18.2 Å². The van der Waals surface area contributed by atoms with Gasteiger partial charge in [0.2, 0.25) is 5.91 Å². The molecule has 19 heavy (non-hydrogen) atoms. The van der Waals surface area contributed by atoms with Gasteiger partial charge >= 0.3 is 0 Å². The highest BCUT2D eigenvalue weighted by Gasteiger charge is 2.15. The van der Waals surface area contributed by atoms with Crippen LogP contribution in [-0.2, 0) is 17.8 Å². The molecular formula is C12H12N4O2S. The van der Waals surface area contributed by atoms with Crippen molar-refractivity contribution in [1.29, 1.82) is 0 Å². The molecule has 1 amide bonds. The molecule has 1 aromatic heterocycles. The number of fused-ring (bicyclic) bond motifs is 1. The minimum Gasteiger partial charge on any atom is -0.487 e. The number of aromatic nitrogens is 2. The Kier molecular flexibility index (Phi) is 3.04. The number of nitrogens with two attached hydrogens (primary N) is 1. The molecule has 0 bridgehead atoms. The molecule has 0 radical (unpaired) electrons. The number of hydrogen-bond acceptors (Lipinski definition) is 6. The third-order valence-corrected chi connectivity index (χ3v) is 3.53. The number of carbonyl (C=O) groups is 1. The Morgan fingerprint density at radius 3 is 3.11 bits per heavy atom. The number of benzene rings is 1. The number of hydrogen-bond donors (Lipinski definition) is 2. The van der Waals surface area contributed by atoms with E-state index in [0.29, 0.717) is 23.7 Å². The summed E-state index contributed by atoms with van der Waals surface area (Å²) in [5, 5.41) is 7.29. The van der Waals surface area contributed by atoms with E-state index in [1.54, 1.807) is 0 Å². The van der Waals surface area contributed by atoms with E-state index in [0.717, 1.165) is 35.0 Å². The van der Waals surface area contributed by atoms with Gasteiger partial charge in [0.25, 0.3) is 0 Å². The highest BCUT2D eigenvalue weighted by Crippen LogP contribution is 2.27. The van der Waals surface area contributed by atoms with Gasteiger partial charge in [-0.05, 0) is 30.2 Å². The molecule has 1 aliphatic rings. The molecule has 0 spiro atoms. The lowest BCUT2D eigenvalue weighted by molar-refractivity contribution is -0.116. The molecule has 98 valence electrons. The largest absolute Gasteiger partial charge is 0.487 e. The van der Waals surface area contributed by atoms with Gasteiger partial charge in [-0.2, -0.15) is 0 Å². The minimum atomic E-state index is 0.0579. The number of rotatable bonds is 3. The van der Waals surface area contributed by atoms with Gasteiger partial charge in [0.1, 0.15) is 23.1 Å². The lowest BCUT2D eigenvalue weighted by Gasteiger charge is -2.17. The van der Waals surface area contributed by atoms with E-state index in [-0.39, 0.29) is 5.91 Å². The van der Waals surface area contributed by atoms with Crippen molar-refractivity contribution in [2.24, 2.45) is 0 Å². The van der Waals surface area contributed by atoms with Crippen molar-refractivity contribution < 1.29 is 9.53 Å². The molecule has 7 heteroatoms. The van der Waals surface area contributed by atoms with Crippen molar-refractivity contribution >= 4 is 28.1 Å². The molecule has 1 aliphatic heterocycles. The van der Waals surface area contributed by atoms with Crippen LogP contribution in [0.5, 0.6) is 5.75 Å². The number of carbonyl (C=O) groups excluding carboxylic acids is 1. The number of nitrogens with one attached hydrogen (secondary N) is 1. The molecule has 1 aromatic carbocycles. The Balaban J connectivity index is 1.72. The zero-order valence-corrected chi connectivity index (χ0v) is 10.9. The second-order valence-corrected chi connectivity index (χ2v) is 5.03. The van der Waals surface area contributed by atoms with Crippen LogP contribution in [0.25, 0.3) is 0 Å². The lowest BCUT2D eigenvalue weighted by Crippen LogP contribution is -2.18. The second-order valence-electron chi connectivity index (χ2n) is 4.24. The summed E-state index contributed by atoms with van der Waals surface area (Å²) in [5.41, 5.74) is 8.29. The summed E-state index contributed by atoms with van der Waals surface area (Å²) in [6.45, 7) is 0.299. The molecular weight excluding hydrogens is 264 g/mol. The molecule has 0 aliphatic carbocycles. The molecule has 0 saturated heterocycles. The summed E-state index contributed by atoms with van der Waals surface area (Å²) in [6, 6.07) is 5.61. The van der Waals surface area contributed by atoms with Gasteiger partial charge in [0.15, 0.2) is 0 Å². The first kappa shape index (κ1) is 11.9. The number of aryl methyl sites for hydroxylation is 1. The molecule has 0 unspecified atom stereocenters. The maximum atomic E-state index is 11.3. The van der Waals surface area contributed by atoms with Gasteiger partial charge in [-0.3, -0.25) is 4.79 Å². The van der Waals surface area contributed by atoms with Crippen LogP contribution in [0.3, 0.4) is 0 Å². The molecule has 6 nitrogen and oxygen atoms in total. The summed E-state index contributed by atoms with van der Waals surface area (Å²) in [4.78, 5) is 11.3. The monoisotopic (exact) mass is 276 g/mol. The molecule has 3 N–H and O–H groups in total. The zero-order chi connectivity index (χ0) is 13.2. The highest BCUT2D eigenvalue weighted by atomic mass is 32.1. The number of nitrogens with zero attached hydrogens (tertiary/aromatic N) is 2. The lowest BCUT2D eigenvalue weighted by atomic mass is 10.0. The van der Waals surface area contributed by atoms with Crippen LogP contribution in [0.1, 0.15) is 17.7 Å². The van der Waals surface area contributed by atoms with Crippen molar-refractivity contribution in [1.82, 2.24) is 9.59 Å². The van der Waals surface area contributed by atoms with Gasteiger partial charge in [0.05, 0.1) is 0 Å². The van der Waals surface area contributed by atoms with Crippen LogP contribution in [0, 0.1) is 0 Å². The van der Waals surface area contributed by atoms with E-state index < -0.39 is 0 Å². The maximum absolute atomic E-state index is 11.3. The summed E-state index contributed by atoms with van der Waals surface area (Å²) < 4.78 is 9.39. The number of anilines is 2. The third-order valence-electron chi connectivity index (χ3n) is 2.93. The Morgan fingerprint density at radius 1 is 1.42 bits per heavy atom. The van der Waals surface area contributed by atoms with Crippen LogP contribution in [0.4, 0.5) is 10.7 Å². The quantitative estimate of drug-likeness (QED) is 0.888. The molecule has 3 rings (SSSR count).